The van der Waals surface area contributed by atoms with Gasteiger partial charge in [-0.05, 0) is 43.2 Å². The van der Waals surface area contributed by atoms with E-state index in [1.165, 1.54) is 0 Å². The number of benzene rings is 1. The van der Waals surface area contributed by atoms with Crippen molar-refractivity contribution in [2.24, 2.45) is 0 Å². The molecule has 0 bridgehead atoms. The molecule has 0 unspecified atom stereocenters. The average Bonchev–Trinajstić information content (AvgIpc) is 2.62. The van der Waals surface area contributed by atoms with Crippen LogP contribution >= 0.6 is 23.2 Å². The van der Waals surface area contributed by atoms with E-state index in [9.17, 15) is 9.59 Å². The number of rotatable bonds is 3. The van der Waals surface area contributed by atoms with E-state index in [-0.39, 0.29) is 17.9 Å². The fourth-order valence-electron chi connectivity index (χ4n) is 2.82. The highest BCUT2D eigenvalue weighted by atomic mass is 35.5. The summed E-state index contributed by atoms with van der Waals surface area (Å²) in [5, 5.41) is 3.82. The molecule has 0 spiro atoms. The zero-order chi connectivity index (χ0) is 17.8. The number of carbonyl (C=O) groups is 2. The summed E-state index contributed by atoms with van der Waals surface area (Å²) < 4.78 is 0. The lowest BCUT2D eigenvalue weighted by Crippen LogP contribution is -2.46. The van der Waals surface area contributed by atoms with Crippen LogP contribution < -0.4 is 5.32 Å². The Bertz CT molecular complexity index is 775. The van der Waals surface area contributed by atoms with E-state index in [0.717, 1.165) is 0 Å². The van der Waals surface area contributed by atoms with Gasteiger partial charge in [-0.3, -0.25) is 14.6 Å². The Morgan fingerprint density at radius 2 is 1.88 bits per heavy atom. The monoisotopic (exact) mass is 377 g/mol. The fraction of sp³-hybridized carbons (Fsp3) is 0.278. The summed E-state index contributed by atoms with van der Waals surface area (Å²) >= 11 is 12.0. The number of pyridine rings is 1. The SMILES string of the molecule is O=C(NC1CCN(C(=O)c2ccc(Cl)cc2Cl)CC1)c1ccccn1. The predicted octanol–water partition coefficient (Wildman–Crippen LogP) is 3.42. The number of piperidine rings is 1. The van der Waals surface area contributed by atoms with Crippen LogP contribution in [0.15, 0.2) is 42.6 Å². The number of carbonyl (C=O) groups excluding carboxylic acids is 2. The Labute approximate surface area is 155 Å². The first-order chi connectivity index (χ1) is 12.0. The number of nitrogens with zero attached hydrogens (tertiary/aromatic N) is 2. The van der Waals surface area contributed by atoms with Crippen LogP contribution in [-0.4, -0.2) is 40.8 Å². The predicted molar refractivity (Wildman–Crippen MR) is 97.1 cm³/mol. The lowest BCUT2D eigenvalue weighted by molar-refractivity contribution is 0.0698. The van der Waals surface area contributed by atoms with Crippen LogP contribution in [0.25, 0.3) is 0 Å². The summed E-state index contributed by atoms with van der Waals surface area (Å²) in [6.07, 6.45) is 2.97. The summed E-state index contributed by atoms with van der Waals surface area (Å²) in [6, 6.07) is 10.1. The lowest BCUT2D eigenvalue weighted by atomic mass is 10.0. The van der Waals surface area contributed by atoms with E-state index in [2.05, 4.69) is 10.3 Å². The van der Waals surface area contributed by atoms with E-state index in [1.54, 1.807) is 47.5 Å². The van der Waals surface area contributed by atoms with Gasteiger partial charge in [-0.25, -0.2) is 0 Å². The third kappa shape index (κ3) is 4.30. The molecule has 130 valence electrons. The molecule has 1 aromatic carbocycles. The Balaban J connectivity index is 1.56. The number of likely N-dealkylation sites (tertiary alicyclic amines) is 1. The summed E-state index contributed by atoms with van der Waals surface area (Å²) in [4.78, 5) is 30.5. The zero-order valence-electron chi connectivity index (χ0n) is 13.4. The van der Waals surface area contributed by atoms with E-state index in [1.807, 2.05) is 0 Å². The summed E-state index contributed by atoms with van der Waals surface area (Å²) in [5.41, 5.74) is 0.844. The summed E-state index contributed by atoms with van der Waals surface area (Å²) in [6.45, 7) is 1.12. The van der Waals surface area contributed by atoms with Gasteiger partial charge in [-0.15, -0.1) is 0 Å². The van der Waals surface area contributed by atoms with Gasteiger partial charge in [0.15, 0.2) is 0 Å². The number of amides is 2. The third-order valence-electron chi connectivity index (χ3n) is 4.18. The maximum absolute atomic E-state index is 12.6. The molecule has 1 N–H and O–H groups in total. The molecule has 7 heteroatoms. The highest BCUT2D eigenvalue weighted by Crippen LogP contribution is 2.23. The second-order valence-electron chi connectivity index (χ2n) is 5.88. The third-order valence-corrected chi connectivity index (χ3v) is 4.72. The second-order valence-corrected chi connectivity index (χ2v) is 6.72. The van der Waals surface area contributed by atoms with Gasteiger partial charge in [0.1, 0.15) is 5.69 Å². The minimum atomic E-state index is -0.189. The maximum Gasteiger partial charge on any atom is 0.270 e. The van der Waals surface area contributed by atoms with Crippen molar-refractivity contribution in [3.8, 4) is 0 Å². The van der Waals surface area contributed by atoms with Crippen molar-refractivity contribution in [2.75, 3.05) is 13.1 Å². The molecule has 0 saturated carbocycles. The molecule has 25 heavy (non-hydrogen) atoms. The number of nitrogens with one attached hydrogen (secondary N) is 1. The van der Waals surface area contributed by atoms with Gasteiger partial charge in [0, 0.05) is 30.4 Å². The van der Waals surface area contributed by atoms with Crippen molar-refractivity contribution in [1.82, 2.24) is 15.2 Å². The van der Waals surface area contributed by atoms with E-state index < -0.39 is 0 Å². The van der Waals surface area contributed by atoms with Crippen LogP contribution in [0.2, 0.25) is 10.0 Å². The highest BCUT2D eigenvalue weighted by molar-refractivity contribution is 6.36. The van der Waals surface area contributed by atoms with Crippen molar-refractivity contribution in [1.29, 1.82) is 0 Å². The molecule has 1 aliphatic rings. The molecule has 2 aromatic rings. The van der Waals surface area contributed by atoms with E-state index in [0.29, 0.717) is 47.2 Å². The van der Waals surface area contributed by atoms with Gasteiger partial charge in [0.2, 0.25) is 0 Å². The van der Waals surface area contributed by atoms with E-state index in [4.69, 9.17) is 23.2 Å². The number of halogens is 2. The van der Waals surface area contributed by atoms with Gasteiger partial charge >= 0.3 is 0 Å². The molecule has 2 amide bonds. The number of aromatic nitrogens is 1. The van der Waals surface area contributed by atoms with E-state index >= 15 is 0 Å². The Morgan fingerprint density at radius 3 is 2.52 bits per heavy atom. The van der Waals surface area contributed by atoms with Gasteiger partial charge in [-0.1, -0.05) is 29.3 Å². The molecule has 1 aromatic heterocycles. The molecule has 0 aliphatic carbocycles. The Morgan fingerprint density at radius 1 is 1.12 bits per heavy atom. The van der Waals surface area contributed by atoms with Gasteiger partial charge in [0.05, 0.1) is 10.6 Å². The normalized spacial score (nSPS) is 15.0. The van der Waals surface area contributed by atoms with Gasteiger partial charge in [0.25, 0.3) is 11.8 Å². The first-order valence-electron chi connectivity index (χ1n) is 8.01. The standard InChI is InChI=1S/C18H17Cl2N3O2/c19-12-4-5-14(15(20)11-12)18(25)23-9-6-13(7-10-23)22-17(24)16-3-1-2-8-21-16/h1-5,8,11,13H,6-7,9-10H2,(H,22,24). The highest BCUT2D eigenvalue weighted by Gasteiger charge is 2.26. The smallest absolute Gasteiger partial charge is 0.270 e. The average molecular weight is 378 g/mol. The molecule has 5 nitrogen and oxygen atoms in total. The molecule has 2 heterocycles. The van der Waals surface area contributed by atoms with Crippen molar-refractivity contribution in [3.05, 3.63) is 63.9 Å². The quantitative estimate of drug-likeness (QED) is 0.890. The fourth-order valence-corrected chi connectivity index (χ4v) is 3.31. The first-order valence-corrected chi connectivity index (χ1v) is 8.76. The minimum absolute atomic E-state index is 0.0271. The number of hydrogen-bond acceptors (Lipinski definition) is 3. The molecular formula is C18H17Cl2N3O2. The van der Waals surface area contributed by atoms with Crippen LogP contribution in [0, 0.1) is 0 Å². The largest absolute Gasteiger partial charge is 0.348 e. The second kappa shape index (κ2) is 7.85. The van der Waals surface area contributed by atoms with Gasteiger partial charge in [-0.2, -0.15) is 0 Å². The van der Waals surface area contributed by atoms with Gasteiger partial charge < -0.3 is 10.2 Å². The molecule has 1 fully saturated rings. The number of hydrogen-bond donors (Lipinski definition) is 1. The van der Waals surface area contributed by atoms with Crippen molar-refractivity contribution in [2.45, 2.75) is 18.9 Å². The summed E-state index contributed by atoms with van der Waals surface area (Å²) in [5.74, 6) is -0.303. The molecular weight excluding hydrogens is 361 g/mol. The molecule has 1 aliphatic heterocycles. The lowest BCUT2D eigenvalue weighted by Gasteiger charge is -2.32. The Hall–Kier alpha value is -2.11. The topological polar surface area (TPSA) is 62.3 Å². The maximum atomic E-state index is 12.6. The first kappa shape index (κ1) is 17.7. The Kier molecular flexibility index (Phi) is 5.56. The molecule has 3 rings (SSSR count). The zero-order valence-corrected chi connectivity index (χ0v) is 14.9. The van der Waals surface area contributed by atoms with Crippen LogP contribution in [0.5, 0.6) is 0 Å². The van der Waals surface area contributed by atoms with Crippen molar-refractivity contribution >= 4 is 35.0 Å². The van der Waals surface area contributed by atoms with Crippen LogP contribution in [-0.2, 0) is 0 Å². The minimum Gasteiger partial charge on any atom is -0.348 e. The van der Waals surface area contributed by atoms with Crippen LogP contribution in [0.3, 0.4) is 0 Å². The van der Waals surface area contributed by atoms with Crippen LogP contribution in [0.1, 0.15) is 33.7 Å². The molecule has 0 atom stereocenters. The summed E-state index contributed by atoms with van der Waals surface area (Å²) in [7, 11) is 0. The van der Waals surface area contributed by atoms with Crippen molar-refractivity contribution in [3.63, 3.8) is 0 Å². The van der Waals surface area contributed by atoms with Crippen molar-refractivity contribution < 1.29 is 9.59 Å². The molecule has 0 radical (unpaired) electrons. The van der Waals surface area contributed by atoms with Crippen LogP contribution in [0.4, 0.5) is 0 Å². The molecule has 1 saturated heterocycles.